The second-order valence-electron chi connectivity index (χ2n) is 4.97. The molecule has 0 bridgehead atoms. The average molecular weight is 265 g/mol. The lowest BCUT2D eigenvalue weighted by atomic mass is 10.1. The molecule has 0 fully saturated rings. The summed E-state index contributed by atoms with van der Waals surface area (Å²) < 4.78 is 10.5. The Balaban J connectivity index is 2.44. The van der Waals surface area contributed by atoms with Crippen LogP contribution in [-0.4, -0.2) is 20.3 Å². The lowest BCUT2D eigenvalue weighted by Gasteiger charge is -2.15. The Morgan fingerprint density at radius 3 is 2.47 bits per heavy atom. The fourth-order valence-corrected chi connectivity index (χ4v) is 2.09. The molecule has 0 saturated heterocycles. The molecular weight excluding hydrogens is 238 g/mol. The summed E-state index contributed by atoms with van der Waals surface area (Å²) in [5, 5.41) is 3.55. The third-order valence-corrected chi connectivity index (χ3v) is 3.34. The highest BCUT2D eigenvalue weighted by Crippen LogP contribution is 2.27. The predicted octanol–water partition coefficient (Wildman–Crippen LogP) is 3.76. The zero-order valence-corrected chi connectivity index (χ0v) is 12.7. The molecule has 1 aromatic carbocycles. The second-order valence-corrected chi connectivity index (χ2v) is 4.97. The summed E-state index contributed by atoms with van der Waals surface area (Å²) in [6.45, 7) is 5.35. The van der Waals surface area contributed by atoms with E-state index >= 15 is 0 Å². The zero-order valence-electron chi connectivity index (χ0n) is 12.7. The number of unbranched alkanes of at least 4 members (excludes halogenated alkanes) is 2. The van der Waals surface area contributed by atoms with Gasteiger partial charge in [-0.2, -0.15) is 0 Å². The molecular formula is C16H27NO2. The van der Waals surface area contributed by atoms with Crippen molar-refractivity contribution >= 4 is 0 Å². The van der Waals surface area contributed by atoms with E-state index in [9.17, 15) is 0 Å². The second kappa shape index (κ2) is 8.81. The van der Waals surface area contributed by atoms with Crippen LogP contribution in [0.4, 0.5) is 0 Å². The third-order valence-electron chi connectivity index (χ3n) is 3.34. The number of ether oxygens (including phenoxy) is 2. The molecule has 1 atom stereocenters. The minimum atomic E-state index is 0.555. The molecule has 0 heterocycles. The van der Waals surface area contributed by atoms with E-state index in [-0.39, 0.29) is 0 Å². The van der Waals surface area contributed by atoms with E-state index in [2.05, 4.69) is 25.2 Å². The van der Waals surface area contributed by atoms with E-state index in [0.29, 0.717) is 6.04 Å². The Hall–Kier alpha value is -1.22. The first-order valence-electron chi connectivity index (χ1n) is 7.15. The quantitative estimate of drug-likeness (QED) is 0.690. The SMILES string of the molecule is CCCCCC(C)NCc1ccc(OC)c(OC)c1. The maximum atomic E-state index is 5.31. The van der Waals surface area contributed by atoms with Gasteiger partial charge >= 0.3 is 0 Å². The van der Waals surface area contributed by atoms with E-state index in [1.54, 1.807) is 14.2 Å². The van der Waals surface area contributed by atoms with Gasteiger partial charge in [-0.15, -0.1) is 0 Å². The molecule has 3 nitrogen and oxygen atoms in total. The number of nitrogens with one attached hydrogen (secondary N) is 1. The number of hydrogen-bond acceptors (Lipinski definition) is 3. The van der Waals surface area contributed by atoms with Crippen molar-refractivity contribution in [3.8, 4) is 11.5 Å². The van der Waals surface area contributed by atoms with Gasteiger partial charge in [0.2, 0.25) is 0 Å². The van der Waals surface area contributed by atoms with Crippen molar-refractivity contribution in [2.45, 2.75) is 52.1 Å². The molecule has 0 spiro atoms. The highest BCUT2D eigenvalue weighted by molar-refractivity contribution is 5.42. The standard InChI is InChI=1S/C16H27NO2/c1-5-6-7-8-13(2)17-12-14-9-10-15(18-3)16(11-14)19-4/h9-11,13,17H,5-8,12H2,1-4H3. The molecule has 0 aromatic heterocycles. The summed E-state index contributed by atoms with van der Waals surface area (Å²) in [5.41, 5.74) is 1.22. The molecule has 1 aromatic rings. The van der Waals surface area contributed by atoms with E-state index in [1.807, 2.05) is 12.1 Å². The Morgan fingerprint density at radius 1 is 1.11 bits per heavy atom. The van der Waals surface area contributed by atoms with Crippen molar-refractivity contribution < 1.29 is 9.47 Å². The maximum Gasteiger partial charge on any atom is 0.161 e. The third kappa shape index (κ3) is 5.52. The van der Waals surface area contributed by atoms with E-state index in [0.717, 1.165) is 18.0 Å². The van der Waals surface area contributed by atoms with Crippen LogP contribution in [0.25, 0.3) is 0 Å². The minimum Gasteiger partial charge on any atom is -0.493 e. The average Bonchev–Trinajstić information content (AvgIpc) is 2.45. The highest BCUT2D eigenvalue weighted by atomic mass is 16.5. The van der Waals surface area contributed by atoms with Gasteiger partial charge in [-0.1, -0.05) is 32.3 Å². The van der Waals surface area contributed by atoms with Crippen LogP contribution in [0.5, 0.6) is 11.5 Å². The largest absolute Gasteiger partial charge is 0.493 e. The Kier molecular flexibility index (Phi) is 7.34. The van der Waals surface area contributed by atoms with Gasteiger partial charge in [0.25, 0.3) is 0 Å². The molecule has 1 N–H and O–H groups in total. The molecule has 0 radical (unpaired) electrons. The number of hydrogen-bond donors (Lipinski definition) is 1. The van der Waals surface area contributed by atoms with Crippen LogP contribution in [0.15, 0.2) is 18.2 Å². The molecule has 0 amide bonds. The van der Waals surface area contributed by atoms with Gasteiger partial charge in [0, 0.05) is 12.6 Å². The molecule has 0 saturated carbocycles. The summed E-state index contributed by atoms with van der Waals surface area (Å²) in [4.78, 5) is 0. The van der Waals surface area contributed by atoms with Gasteiger partial charge in [0.05, 0.1) is 14.2 Å². The Morgan fingerprint density at radius 2 is 1.84 bits per heavy atom. The highest BCUT2D eigenvalue weighted by Gasteiger charge is 2.06. The van der Waals surface area contributed by atoms with E-state index < -0.39 is 0 Å². The van der Waals surface area contributed by atoms with Crippen molar-refractivity contribution in [2.75, 3.05) is 14.2 Å². The van der Waals surface area contributed by atoms with Crippen molar-refractivity contribution in [2.24, 2.45) is 0 Å². The summed E-state index contributed by atoms with van der Waals surface area (Å²) in [6, 6.07) is 6.62. The smallest absolute Gasteiger partial charge is 0.161 e. The number of benzene rings is 1. The molecule has 108 valence electrons. The lowest BCUT2D eigenvalue weighted by Crippen LogP contribution is -2.25. The Labute approximate surface area is 117 Å². The van der Waals surface area contributed by atoms with Gasteiger partial charge in [0.15, 0.2) is 11.5 Å². The first kappa shape index (κ1) is 15.8. The van der Waals surface area contributed by atoms with Crippen LogP contribution in [0.1, 0.15) is 45.1 Å². The summed E-state index contributed by atoms with van der Waals surface area (Å²) in [5.74, 6) is 1.57. The van der Waals surface area contributed by atoms with E-state index in [4.69, 9.17) is 9.47 Å². The molecule has 1 rings (SSSR count). The molecule has 0 aliphatic heterocycles. The molecule has 1 unspecified atom stereocenters. The van der Waals surface area contributed by atoms with Crippen LogP contribution in [0, 0.1) is 0 Å². The van der Waals surface area contributed by atoms with Crippen molar-refractivity contribution in [3.05, 3.63) is 23.8 Å². The van der Waals surface area contributed by atoms with Gasteiger partial charge < -0.3 is 14.8 Å². The fraction of sp³-hybridized carbons (Fsp3) is 0.625. The van der Waals surface area contributed by atoms with Gasteiger partial charge in [-0.25, -0.2) is 0 Å². The fourth-order valence-electron chi connectivity index (χ4n) is 2.09. The number of methoxy groups -OCH3 is 2. The van der Waals surface area contributed by atoms with Crippen LogP contribution in [0.2, 0.25) is 0 Å². The zero-order chi connectivity index (χ0) is 14.1. The first-order valence-corrected chi connectivity index (χ1v) is 7.15. The van der Waals surface area contributed by atoms with Crippen LogP contribution in [-0.2, 0) is 6.54 Å². The first-order chi connectivity index (χ1) is 9.21. The van der Waals surface area contributed by atoms with Crippen molar-refractivity contribution in [3.63, 3.8) is 0 Å². The van der Waals surface area contributed by atoms with Crippen molar-refractivity contribution in [1.29, 1.82) is 0 Å². The van der Waals surface area contributed by atoms with Crippen LogP contribution >= 0.6 is 0 Å². The van der Waals surface area contributed by atoms with Gasteiger partial charge in [0.1, 0.15) is 0 Å². The summed E-state index contributed by atoms with van der Waals surface area (Å²) in [6.07, 6.45) is 5.14. The monoisotopic (exact) mass is 265 g/mol. The molecule has 0 aliphatic rings. The molecule has 0 aliphatic carbocycles. The molecule has 3 heteroatoms. The lowest BCUT2D eigenvalue weighted by molar-refractivity contribution is 0.354. The topological polar surface area (TPSA) is 30.5 Å². The normalized spacial score (nSPS) is 12.2. The minimum absolute atomic E-state index is 0.555. The maximum absolute atomic E-state index is 5.31. The van der Waals surface area contributed by atoms with E-state index in [1.165, 1.54) is 31.2 Å². The van der Waals surface area contributed by atoms with Gasteiger partial charge in [-0.3, -0.25) is 0 Å². The van der Waals surface area contributed by atoms with Crippen LogP contribution < -0.4 is 14.8 Å². The summed E-state index contributed by atoms with van der Waals surface area (Å²) >= 11 is 0. The predicted molar refractivity (Wildman–Crippen MR) is 80.0 cm³/mol. The van der Waals surface area contributed by atoms with Gasteiger partial charge in [-0.05, 0) is 31.0 Å². The number of rotatable bonds is 9. The Bertz CT molecular complexity index is 366. The summed E-state index contributed by atoms with van der Waals surface area (Å²) in [7, 11) is 3.33. The molecule has 19 heavy (non-hydrogen) atoms. The van der Waals surface area contributed by atoms with Crippen molar-refractivity contribution in [1.82, 2.24) is 5.32 Å². The van der Waals surface area contributed by atoms with Crippen LogP contribution in [0.3, 0.4) is 0 Å².